The van der Waals surface area contributed by atoms with Crippen LogP contribution >= 0.6 is 0 Å². The third kappa shape index (κ3) is 1.59. The van der Waals surface area contributed by atoms with E-state index in [0.29, 0.717) is 11.8 Å². The molecule has 3 heterocycles. The first-order chi connectivity index (χ1) is 7.34. The third-order valence-electron chi connectivity index (χ3n) is 3.65. The highest BCUT2D eigenvalue weighted by molar-refractivity contribution is 5.14. The standard InChI is InChI=1S/C12H18N2O/c1-9-3-2-5-14-7-11(13-12(9)14)10-4-6-15-8-10/h7,9-10H,2-6,8H2,1H3. The molecule has 2 unspecified atom stereocenters. The highest BCUT2D eigenvalue weighted by Crippen LogP contribution is 2.30. The number of hydrogen-bond acceptors (Lipinski definition) is 2. The molecule has 1 aromatic heterocycles. The van der Waals surface area contributed by atoms with Gasteiger partial charge in [0, 0.05) is 31.2 Å². The Morgan fingerprint density at radius 2 is 2.40 bits per heavy atom. The maximum absolute atomic E-state index is 5.42. The molecule has 3 nitrogen and oxygen atoms in total. The van der Waals surface area contributed by atoms with Crippen molar-refractivity contribution in [2.24, 2.45) is 0 Å². The average Bonchev–Trinajstić information content (AvgIpc) is 2.86. The molecule has 3 heteroatoms. The van der Waals surface area contributed by atoms with E-state index in [1.54, 1.807) is 0 Å². The molecule has 0 spiro atoms. The molecule has 1 fully saturated rings. The predicted octanol–water partition coefficient (Wildman–Crippen LogP) is 2.28. The fourth-order valence-electron chi connectivity index (χ4n) is 2.68. The molecule has 0 aromatic carbocycles. The molecule has 1 aromatic rings. The zero-order valence-corrected chi connectivity index (χ0v) is 9.28. The van der Waals surface area contributed by atoms with Crippen LogP contribution in [-0.4, -0.2) is 22.8 Å². The largest absolute Gasteiger partial charge is 0.381 e. The van der Waals surface area contributed by atoms with Gasteiger partial charge in [0.05, 0.1) is 12.3 Å². The molecule has 0 bridgehead atoms. The van der Waals surface area contributed by atoms with Crippen molar-refractivity contribution in [1.82, 2.24) is 9.55 Å². The number of nitrogens with zero attached hydrogens (tertiary/aromatic N) is 2. The van der Waals surface area contributed by atoms with Gasteiger partial charge in [-0.15, -0.1) is 0 Å². The topological polar surface area (TPSA) is 27.1 Å². The van der Waals surface area contributed by atoms with Gasteiger partial charge in [0.2, 0.25) is 0 Å². The van der Waals surface area contributed by atoms with Gasteiger partial charge in [0.25, 0.3) is 0 Å². The molecule has 3 rings (SSSR count). The molecule has 0 N–H and O–H groups in total. The van der Waals surface area contributed by atoms with Gasteiger partial charge in [-0.3, -0.25) is 0 Å². The number of rotatable bonds is 1. The van der Waals surface area contributed by atoms with Gasteiger partial charge in [-0.2, -0.15) is 0 Å². The molecule has 82 valence electrons. The van der Waals surface area contributed by atoms with Crippen molar-refractivity contribution in [3.05, 3.63) is 17.7 Å². The van der Waals surface area contributed by atoms with E-state index in [-0.39, 0.29) is 0 Å². The summed E-state index contributed by atoms with van der Waals surface area (Å²) >= 11 is 0. The van der Waals surface area contributed by atoms with E-state index in [9.17, 15) is 0 Å². The molecular weight excluding hydrogens is 188 g/mol. The second-order valence-corrected chi connectivity index (χ2v) is 4.82. The van der Waals surface area contributed by atoms with Gasteiger partial charge in [-0.1, -0.05) is 6.92 Å². The van der Waals surface area contributed by atoms with Crippen molar-refractivity contribution >= 4 is 0 Å². The normalized spacial score (nSPS) is 30.5. The lowest BCUT2D eigenvalue weighted by Gasteiger charge is -2.19. The quantitative estimate of drug-likeness (QED) is 0.705. The molecule has 0 amide bonds. The summed E-state index contributed by atoms with van der Waals surface area (Å²) in [7, 11) is 0. The Bertz CT molecular complexity index is 353. The molecule has 2 atom stereocenters. The number of aryl methyl sites for hydroxylation is 1. The van der Waals surface area contributed by atoms with E-state index in [1.807, 2.05) is 0 Å². The summed E-state index contributed by atoms with van der Waals surface area (Å²) in [6.07, 6.45) is 5.98. The van der Waals surface area contributed by atoms with E-state index >= 15 is 0 Å². The van der Waals surface area contributed by atoms with E-state index in [4.69, 9.17) is 9.72 Å². The van der Waals surface area contributed by atoms with Crippen molar-refractivity contribution in [3.63, 3.8) is 0 Å². The second kappa shape index (κ2) is 3.63. The molecule has 0 aliphatic carbocycles. The molecular formula is C12H18N2O. The zero-order chi connectivity index (χ0) is 10.3. The summed E-state index contributed by atoms with van der Waals surface area (Å²) in [5.74, 6) is 2.48. The molecule has 0 saturated carbocycles. The van der Waals surface area contributed by atoms with Gasteiger partial charge in [-0.25, -0.2) is 4.98 Å². The minimum Gasteiger partial charge on any atom is -0.381 e. The Hall–Kier alpha value is -0.830. The van der Waals surface area contributed by atoms with Crippen LogP contribution in [0, 0.1) is 0 Å². The third-order valence-corrected chi connectivity index (χ3v) is 3.65. The minimum atomic E-state index is 0.551. The molecule has 0 radical (unpaired) electrons. The first-order valence-electron chi connectivity index (χ1n) is 5.99. The molecule has 15 heavy (non-hydrogen) atoms. The predicted molar refractivity (Wildman–Crippen MR) is 58.1 cm³/mol. The highest BCUT2D eigenvalue weighted by atomic mass is 16.5. The molecule has 2 aliphatic heterocycles. The van der Waals surface area contributed by atoms with Crippen LogP contribution in [-0.2, 0) is 11.3 Å². The number of fused-ring (bicyclic) bond motifs is 1. The molecule has 1 saturated heterocycles. The Balaban J connectivity index is 1.90. The van der Waals surface area contributed by atoms with Crippen molar-refractivity contribution in [2.45, 2.75) is 44.6 Å². The van der Waals surface area contributed by atoms with Crippen LogP contribution in [0.5, 0.6) is 0 Å². The maximum atomic E-state index is 5.42. The summed E-state index contributed by atoms with van der Waals surface area (Å²) < 4.78 is 7.77. The number of aromatic nitrogens is 2. The first kappa shape index (κ1) is 9.40. The summed E-state index contributed by atoms with van der Waals surface area (Å²) in [6.45, 7) is 5.21. The lowest BCUT2D eigenvalue weighted by molar-refractivity contribution is 0.193. The Morgan fingerprint density at radius 3 is 3.13 bits per heavy atom. The zero-order valence-electron chi connectivity index (χ0n) is 9.28. The highest BCUT2D eigenvalue weighted by Gasteiger charge is 2.25. The minimum absolute atomic E-state index is 0.551. The van der Waals surface area contributed by atoms with Crippen LogP contribution < -0.4 is 0 Å². The van der Waals surface area contributed by atoms with Crippen molar-refractivity contribution in [3.8, 4) is 0 Å². The summed E-state index contributed by atoms with van der Waals surface area (Å²) in [6, 6.07) is 0. The Morgan fingerprint density at radius 1 is 1.47 bits per heavy atom. The van der Waals surface area contributed by atoms with E-state index in [1.165, 1.54) is 24.4 Å². The Kier molecular flexibility index (Phi) is 2.28. The lowest BCUT2D eigenvalue weighted by atomic mass is 10.0. The van der Waals surface area contributed by atoms with Gasteiger partial charge >= 0.3 is 0 Å². The van der Waals surface area contributed by atoms with Crippen LogP contribution in [0.15, 0.2) is 6.20 Å². The number of ether oxygens (including phenoxy) is 1. The molecule has 2 aliphatic rings. The Labute approximate surface area is 90.5 Å². The summed E-state index contributed by atoms with van der Waals surface area (Å²) in [5, 5.41) is 0. The van der Waals surface area contributed by atoms with Crippen LogP contribution in [0.4, 0.5) is 0 Å². The monoisotopic (exact) mass is 206 g/mol. The van der Waals surface area contributed by atoms with E-state index in [0.717, 1.165) is 26.2 Å². The fourth-order valence-corrected chi connectivity index (χ4v) is 2.68. The lowest BCUT2D eigenvalue weighted by Crippen LogP contribution is -2.12. The van der Waals surface area contributed by atoms with Crippen LogP contribution in [0.2, 0.25) is 0 Å². The average molecular weight is 206 g/mol. The number of hydrogen-bond donors (Lipinski definition) is 0. The van der Waals surface area contributed by atoms with Crippen molar-refractivity contribution < 1.29 is 4.74 Å². The van der Waals surface area contributed by atoms with Crippen molar-refractivity contribution in [2.75, 3.05) is 13.2 Å². The number of imidazole rings is 1. The van der Waals surface area contributed by atoms with Gasteiger partial charge in [0.15, 0.2) is 0 Å². The van der Waals surface area contributed by atoms with E-state index < -0.39 is 0 Å². The maximum Gasteiger partial charge on any atom is 0.111 e. The van der Waals surface area contributed by atoms with Gasteiger partial charge < -0.3 is 9.30 Å². The van der Waals surface area contributed by atoms with Crippen LogP contribution in [0.1, 0.15) is 49.5 Å². The van der Waals surface area contributed by atoms with Crippen LogP contribution in [0.3, 0.4) is 0 Å². The summed E-state index contributed by atoms with van der Waals surface area (Å²) in [4.78, 5) is 4.80. The van der Waals surface area contributed by atoms with E-state index in [2.05, 4.69) is 17.7 Å². The smallest absolute Gasteiger partial charge is 0.111 e. The van der Waals surface area contributed by atoms with Crippen LogP contribution in [0.25, 0.3) is 0 Å². The second-order valence-electron chi connectivity index (χ2n) is 4.82. The summed E-state index contributed by atoms with van der Waals surface area (Å²) in [5.41, 5.74) is 1.26. The first-order valence-corrected chi connectivity index (χ1v) is 5.99. The SMILES string of the molecule is CC1CCCn2cc(C3CCOC3)nc21. The van der Waals surface area contributed by atoms with Crippen molar-refractivity contribution in [1.29, 1.82) is 0 Å². The van der Waals surface area contributed by atoms with Gasteiger partial charge in [0.1, 0.15) is 5.82 Å². The van der Waals surface area contributed by atoms with Gasteiger partial charge in [-0.05, 0) is 19.3 Å². The fraction of sp³-hybridized carbons (Fsp3) is 0.750.